The zero-order valence-electron chi connectivity index (χ0n) is 17.8. The summed E-state index contributed by atoms with van der Waals surface area (Å²) in [6, 6.07) is 6.24. The summed E-state index contributed by atoms with van der Waals surface area (Å²) in [6.07, 6.45) is 0.772. The van der Waals surface area contributed by atoms with E-state index < -0.39 is 12.0 Å². The van der Waals surface area contributed by atoms with Crippen LogP contribution < -0.4 is 38.1 Å². The molecule has 3 heterocycles. The van der Waals surface area contributed by atoms with Crippen molar-refractivity contribution in [3.05, 3.63) is 29.8 Å². The molecular formula is C20H30N10O2. The molecule has 10 N–H and O–H groups in total. The molecule has 0 spiro atoms. The van der Waals surface area contributed by atoms with Crippen molar-refractivity contribution in [2.75, 3.05) is 41.3 Å². The summed E-state index contributed by atoms with van der Waals surface area (Å²) in [5.74, 6) is 0.696. The molecule has 2 aromatic rings. The van der Waals surface area contributed by atoms with Crippen LogP contribution in [-0.4, -0.2) is 76.4 Å². The molecule has 1 amide bonds. The highest BCUT2D eigenvalue weighted by atomic mass is 16.3. The molecule has 2 aliphatic heterocycles. The van der Waals surface area contributed by atoms with Crippen molar-refractivity contribution in [3.63, 3.8) is 0 Å². The Kier molecular flexibility index (Phi) is 6.37. The van der Waals surface area contributed by atoms with Gasteiger partial charge in [0.2, 0.25) is 23.8 Å². The number of nitrogens with one attached hydrogen (secondary N) is 1. The van der Waals surface area contributed by atoms with Gasteiger partial charge < -0.3 is 43.2 Å². The van der Waals surface area contributed by atoms with E-state index in [0.717, 1.165) is 6.42 Å². The number of amides is 1. The van der Waals surface area contributed by atoms with Crippen molar-refractivity contribution in [2.45, 2.75) is 37.1 Å². The Morgan fingerprint density at radius 3 is 2.38 bits per heavy atom. The minimum absolute atomic E-state index is 0.0814. The van der Waals surface area contributed by atoms with Gasteiger partial charge in [-0.15, -0.1) is 0 Å². The monoisotopic (exact) mass is 442 g/mol. The standard InChI is InChI=1S/C20H30N10O2/c21-8-15-16(31)5-6-30(15)20-27-18(25-14-3-1-11(2-4-14)17(24)32)26-19(28-20)29-9-12(22)7-13(23)10-29/h1-4,12-13,15-16,31H,5-10,21-23H2,(H2,24,32)(H,25,26,27,28)/t12-,13+,15-,16-/m0/s1. The summed E-state index contributed by atoms with van der Waals surface area (Å²) >= 11 is 0. The number of piperidine rings is 1. The SMILES string of the molecule is NC[C@H]1[C@@H](O)CCN1c1nc(Nc2ccc(C(N)=O)cc2)nc(N2C[C@H](N)C[C@H](N)C2)n1. The molecule has 1 aromatic carbocycles. The number of aromatic nitrogens is 3. The van der Waals surface area contributed by atoms with Gasteiger partial charge in [-0.05, 0) is 37.1 Å². The number of nitrogens with two attached hydrogens (primary N) is 4. The number of hydrogen-bond donors (Lipinski definition) is 6. The van der Waals surface area contributed by atoms with Crippen LogP contribution in [0.1, 0.15) is 23.2 Å². The fourth-order valence-corrected chi connectivity index (χ4v) is 4.24. The summed E-state index contributed by atoms with van der Waals surface area (Å²) in [6.45, 7) is 2.01. The van der Waals surface area contributed by atoms with E-state index >= 15 is 0 Å². The maximum atomic E-state index is 11.3. The van der Waals surface area contributed by atoms with Crippen LogP contribution in [0.15, 0.2) is 24.3 Å². The Labute approximate surface area is 186 Å². The lowest BCUT2D eigenvalue weighted by atomic mass is 10.0. The normalized spacial score (nSPS) is 25.8. The van der Waals surface area contributed by atoms with Gasteiger partial charge in [0, 0.05) is 49.5 Å². The molecule has 0 saturated carbocycles. The van der Waals surface area contributed by atoms with Crippen LogP contribution in [0.2, 0.25) is 0 Å². The van der Waals surface area contributed by atoms with Gasteiger partial charge in [0.1, 0.15) is 0 Å². The molecule has 0 radical (unpaired) electrons. The number of aliphatic hydroxyl groups excluding tert-OH is 1. The van der Waals surface area contributed by atoms with Crippen LogP contribution in [0, 0.1) is 0 Å². The first-order valence-corrected chi connectivity index (χ1v) is 10.7. The topological polar surface area (TPSA) is 199 Å². The van der Waals surface area contributed by atoms with Gasteiger partial charge in [-0.2, -0.15) is 15.0 Å². The van der Waals surface area contributed by atoms with Crippen LogP contribution in [-0.2, 0) is 0 Å². The minimum Gasteiger partial charge on any atom is -0.391 e. The Morgan fingerprint density at radius 1 is 1.09 bits per heavy atom. The number of benzene rings is 1. The number of carbonyl (C=O) groups excluding carboxylic acids is 1. The first-order valence-electron chi connectivity index (χ1n) is 10.7. The van der Waals surface area contributed by atoms with E-state index in [1.54, 1.807) is 24.3 Å². The maximum Gasteiger partial charge on any atom is 0.248 e. The Hall–Kier alpha value is -3.06. The van der Waals surface area contributed by atoms with Crippen LogP contribution >= 0.6 is 0 Å². The average Bonchev–Trinajstić information content (AvgIpc) is 3.13. The second-order valence-corrected chi connectivity index (χ2v) is 8.34. The number of rotatable bonds is 6. The van der Waals surface area contributed by atoms with Crippen molar-refractivity contribution in [1.82, 2.24) is 15.0 Å². The van der Waals surface area contributed by atoms with E-state index in [1.807, 2.05) is 9.80 Å². The summed E-state index contributed by atoms with van der Waals surface area (Å²) < 4.78 is 0. The molecule has 0 bridgehead atoms. The zero-order chi connectivity index (χ0) is 22.8. The molecule has 4 rings (SSSR count). The van der Waals surface area contributed by atoms with Crippen LogP contribution in [0.4, 0.5) is 23.5 Å². The number of hydrogen-bond acceptors (Lipinski definition) is 11. The van der Waals surface area contributed by atoms with Crippen molar-refractivity contribution in [3.8, 4) is 0 Å². The molecule has 2 fully saturated rings. The van der Waals surface area contributed by atoms with E-state index in [0.29, 0.717) is 55.2 Å². The predicted octanol–water partition coefficient (Wildman–Crippen LogP) is -1.52. The molecular weight excluding hydrogens is 412 g/mol. The molecule has 0 aliphatic carbocycles. The van der Waals surface area contributed by atoms with Crippen molar-refractivity contribution < 1.29 is 9.90 Å². The quantitative estimate of drug-likeness (QED) is 0.303. The smallest absolute Gasteiger partial charge is 0.248 e. The molecule has 1 aromatic heterocycles. The lowest BCUT2D eigenvalue weighted by molar-refractivity contribution is 0.100. The third-order valence-corrected chi connectivity index (χ3v) is 5.84. The Morgan fingerprint density at radius 2 is 1.75 bits per heavy atom. The Bertz CT molecular complexity index is 946. The number of aliphatic hydroxyl groups is 1. The largest absolute Gasteiger partial charge is 0.391 e. The molecule has 172 valence electrons. The van der Waals surface area contributed by atoms with Crippen molar-refractivity contribution >= 4 is 29.4 Å². The van der Waals surface area contributed by atoms with E-state index in [1.165, 1.54) is 0 Å². The Balaban J connectivity index is 1.67. The lowest BCUT2D eigenvalue weighted by Crippen LogP contribution is -2.53. The van der Waals surface area contributed by atoms with E-state index in [9.17, 15) is 9.90 Å². The fourth-order valence-electron chi connectivity index (χ4n) is 4.24. The molecule has 12 nitrogen and oxygen atoms in total. The first kappa shape index (κ1) is 22.1. The molecule has 12 heteroatoms. The second kappa shape index (κ2) is 9.20. The van der Waals surface area contributed by atoms with Crippen LogP contribution in [0.3, 0.4) is 0 Å². The number of anilines is 4. The third-order valence-electron chi connectivity index (χ3n) is 5.84. The van der Waals surface area contributed by atoms with Gasteiger partial charge in [-0.1, -0.05) is 0 Å². The highest BCUT2D eigenvalue weighted by Gasteiger charge is 2.34. The van der Waals surface area contributed by atoms with Gasteiger partial charge in [-0.25, -0.2) is 0 Å². The average molecular weight is 443 g/mol. The molecule has 4 atom stereocenters. The van der Waals surface area contributed by atoms with Crippen molar-refractivity contribution in [1.29, 1.82) is 0 Å². The number of primary amides is 1. The van der Waals surface area contributed by atoms with Gasteiger partial charge in [0.15, 0.2) is 0 Å². The predicted molar refractivity (Wildman–Crippen MR) is 122 cm³/mol. The van der Waals surface area contributed by atoms with Crippen molar-refractivity contribution in [2.24, 2.45) is 22.9 Å². The second-order valence-electron chi connectivity index (χ2n) is 8.34. The van der Waals surface area contributed by atoms with Gasteiger partial charge >= 0.3 is 0 Å². The summed E-state index contributed by atoms with van der Waals surface area (Å²) in [7, 11) is 0. The number of nitrogens with zero attached hydrogens (tertiary/aromatic N) is 5. The highest BCUT2D eigenvalue weighted by Crippen LogP contribution is 2.27. The maximum absolute atomic E-state index is 11.3. The molecule has 0 unspecified atom stereocenters. The minimum atomic E-state index is -0.546. The van der Waals surface area contributed by atoms with E-state index in [4.69, 9.17) is 22.9 Å². The molecule has 2 aliphatic rings. The van der Waals surface area contributed by atoms with Gasteiger partial charge in [0.25, 0.3) is 0 Å². The number of carbonyl (C=O) groups is 1. The summed E-state index contributed by atoms with van der Waals surface area (Å²) in [5.41, 5.74) is 24.6. The first-order chi connectivity index (χ1) is 15.3. The lowest BCUT2D eigenvalue weighted by Gasteiger charge is -2.35. The highest BCUT2D eigenvalue weighted by molar-refractivity contribution is 5.93. The van der Waals surface area contributed by atoms with Crippen LogP contribution in [0.5, 0.6) is 0 Å². The summed E-state index contributed by atoms with van der Waals surface area (Å²) in [5, 5.41) is 13.4. The van der Waals surface area contributed by atoms with Crippen LogP contribution in [0.25, 0.3) is 0 Å². The van der Waals surface area contributed by atoms with Gasteiger partial charge in [-0.3, -0.25) is 4.79 Å². The van der Waals surface area contributed by atoms with E-state index in [2.05, 4.69) is 20.3 Å². The third kappa shape index (κ3) is 4.72. The van der Waals surface area contributed by atoms with Gasteiger partial charge in [0.05, 0.1) is 12.1 Å². The van der Waals surface area contributed by atoms with E-state index in [-0.39, 0.29) is 24.7 Å². The molecule has 32 heavy (non-hydrogen) atoms. The molecule has 2 saturated heterocycles. The summed E-state index contributed by atoms with van der Waals surface area (Å²) in [4.78, 5) is 29.0. The fraction of sp³-hybridized carbons (Fsp3) is 0.500. The zero-order valence-corrected chi connectivity index (χ0v) is 17.8.